The molecule has 2 heterocycles. The van der Waals surface area contributed by atoms with Crippen molar-refractivity contribution in [2.75, 3.05) is 56.0 Å². The van der Waals surface area contributed by atoms with Gasteiger partial charge in [-0.15, -0.1) is 0 Å². The predicted octanol–water partition coefficient (Wildman–Crippen LogP) is 1.93. The number of aryl methyl sites for hydroxylation is 1. The molecule has 0 bridgehead atoms. The first-order valence-corrected chi connectivity index (χ1v) is 10.4. The molecule has 1 aliphatic heterocycles. The van der Waals surface area contributed by atoms with Crippen molar-refractivity contribution in [3.05, 3.63) is 41.6 Å². The highest BCUT2D eigenvalue weighted by atomic mass is 32.2. The molecule has 0 spiro atoms. The minimum absolute atomic E-state index is 0.180. The lowest BCUT2D eigenvalue weighted by Crippen LogP contribution is -2.37. The number of benzene rings is 1. The molecular weight excluding hydrogens is 388 g/mol. The van der Waals surface area contributed by atoms with Crippen LogP contribution in [0.1, 0.15) is 11.3 Å². The first kappa shape index (κ1) is 21.1. The number of carbonyl (C=O) groups excluding carboxylic acids is 1. The maximum absolute atomic E-state index is 12.1. The molecule has 1 aromatic heterocycles. The standard InChI is InChI=1S/C20H26N6O2S/c1-15-12-19(23-20(22-15)26-8-10-28-11-9-26)29-14-18(27)24-21-13-16-4-6-17(7-5-16)25(2)3/h4-7,12-13H,8-11,14H2,1-3H3,(H,24,27). The lowest BCUT2D eigenvalue weighted by Gasteiger charge is -2.27. The molecular formula is C20H26N6O2S. The van der Waals surface area contributed by atoms with Gasteiger partial charge in [-0.25, -0.2) is 15.4 Å². The highest BCUT2D eigenvalue weighted by Crippen LogP contribution is 2.20. The van der Waals surface area contributed by atoms with Crippen molar-refractivity contribution in [3.8, 4) is 0 Å². The monoisotopic (exact) mass is 414 g/mol. The first-order chi connectivity index (χ1) is 14.0. The van der Waals surface area contributed by atoms with E-state index >= 15 is 0 Å². The van der Waals surface area contributed by atoms with Gasteiger partial charge in [0.25, 0.3) is 0 Å². The van der Waals surface area contributed by atoms with E-state index < -0.39 is 0 Å². The molecule has 3 rings (SSSR count). The van der Waals surface area contributed by atoms with E-state index in [1.54, 1.807) is 6.21 Å². The molecule has 1 aromatic carbocycles. The van der Waals surface area contributed by atoms with E-state index in [1.807, 2.05) is 56.3 Å². The lowest BCUT2D eigenvalue weighted by molar-refractivity contribution is -0.118. The van der Waals surface area contributed by atoms with Gasteiger partial charge in [0, 0.05) is 38.6 Å². The summed E-state index contributed by atoms with van der Waals surface area (Å²) in [6, 6.07) is 9.80. The minimum atomic E-state index is -0.180. The van der Waals surface area contributed by atoms with Crippen LogP contribution < -0.4 is 15.2 Å². The van der Waals surface area contributed by atoms with E-state index in [0.717, 1.165) is 35.1 Å². The van der Waals surface area contributed by atoms with Crippen molar-refractivity contribution in [1.82, 2.24) is 15.4 Å². The van der Waals surface area contributed by atoms with E-state index in [9.17, 15) is 4.79 Å². The van der Waals surface area contributed by atoms with Crippen molar-refractivity contribution in [2.45, 2.75) is 11.9 Å². The molecule has 1 aliphatic rings. The molecule has 8 nitrogen and oxygen atoms in total. The van der Waals surface area contributed by atoms with Gasteiger partial charge >= 0.3 is 0 Å². The van der Waals surface area contributed by atoms with Gasteiger partial charge in [0.1, 0.15) is 5.03 Å². The van der Waals surface area contributed by atoms with E-state index in [-0.39, 0.29) is 11.7 Å². The number of hydrogen-bond donors (Lipinski definition) is 1. The second-order valence-electron chi connectivity index (χ2n) is 6.81. The van der Waals surface area contributed by atoms with Crippen molar-refractivity contribution < 1.29 is 9.53 Å². The van der Waals surface area contributed by atoms with Crippen LogP contribution in [0.5, 0.6) is 0 Å². The molecule has 1 saturated heterocycles. The largest absolute Gasteiger partial charge is 0.378 e. The van der Waals surface area contributed by atoms with Crippen LogP contribution in [0.15, 0.2) is 40.5 Å². The molecule has 29 heavy (non-hydrogen) atoms. The highest BCUT2D eigenvalue weighted by molar-refractivity contribution is 7.99. The first-order valence-electron chi connectivity index (χ1n) is 9.42. The van der Waals surface area contributed by atoms with Crippen molar-refractivity contribution >= 4 is 35.5 Å². The number of amides is 1. The summed E-state index contributed by atoms with van der Waals surface area (Å²) < 4.78 is 5.38. The quantitative estimate of drug-likeness (QED) is 0.321. The zero-order chi connectivity index (χ0) is 20.6. The fourth-order valence-corrected chi connectivity index (χ4v) is 3.46. The number of anilines is 2. The molecule has 0 unspecified atom stereocenters. The van der Waals surface area contributed by atoms with Crippen LogP contribution in [0.2, 0.25) is 0 Å². The summed E-state index contributed by atoms with van der Waals surface area (Å²) in [6.45, 7) is 4.84. The SMILES string of the molecule is Cc1cc(SCC(=O)NN=Cc2ccc(N(C)C)cc2)nc(N2CCOCC2)n1. The zero-order valence-corrected chi connectivity index (χ0v) is 17.8. The molecule has 1 fully saturated rings. The predicted molar refractivity (Wildman–Crippen MR) is 117 cm³/mol. The second kappa shape index (κ2) is 10.2. The van der Waals surface area contributed by atoms with Crippen LogP contribution in [0, 0.1) is 6.92 Å². The fourth-order valence-electron chi connectivity index (χ4n) is 2.71. The van der Waals surface area contributed by atoms with Crippen LogP contribution in [0.4, 0.5) is 11.6 Å². The van der Waals surface area contributed by atoms with E-state index in [0.29, 0.717) is 19.2 Å². The summed E-state index contributed by atoms with van der Waals surface area (Å²) in [7, 11) is 3.98. The molecule has 1 amide bonds. The molecule has 1 N–H and O–H groups in total. The van der Waals surface area contributed by atoms with Gasteiger partial charge in [-0.2, -0.15) is 5.10 Å². The Kier molecular flexibility index (Phi) is 7.42. The van der Waals surface area contributed by atoms with Crippen molar-refractivity contribution in [2.24, 2.45) is 5.10 Å². The number of rotatable bonds is 7. The Morgan fingerprint density at radius 3 is 2.69 bits per heavy atom. The van der Waals surface area contributed by atoms with Gasteiger partial charge in [0.15, 0.2) is 0 Å². The summed E-state index contributed by atoms with van der Waals surface area (Å²) in [4.78, 5) is 25.3. The number of aromatic nitrogens is 2. The average molecular weight is 415 g/mol. The maximum atomic E-state index is 12.1. The number of nitrogens with one attached hydrogen (secondary N) is 1. The maximum Gasteiger partial charge on any atom is 0.250 e. The van der Waals surface area contributed by atoms with Gasteiger partial charge in [-0.3, -0.25) is 4.79 Å². The van der Waals surface area contributed by atoms with Crippen LogP contribution >= 0.6 is 11.8 Å². The van der Waals surface area contributed by atoms with Crippen LogP contribution in [0.3, 0.4) is 0 Å². The molecule has 0 radical (unpaired) electrons. The second-order valence-corrected chi connectivity index (χ2v) is 7.81. The Morgan fingerprint density at radius 2 is 2.00 bits per heavy atom. The summed E-state index contributed by atoms with van der Waals surface area (Å²) in [5.74, 6) is 0.742. The van der Waals surface area contributed by atoms with Crippen LogP contribution in [-0.2, 0) is 9.53 Å². The van der Waals surface area contributed by atoms with E-state index in [1.165, 1.54) is 11.8 Å². The van der Waals surface area contributed by atoms with Gasteiger partial charge < -0.3 is 14.5 Å². The molecule has 154 valence electrons. The fraction of sp³-hybridized carbons (Fsp3) is 0.400. The minimum Gasteiger partial charge on any atom is -0.378 e. The lowest BCUT2D eigenvalue weighted by atomic mass is 10.2. The summed E-state index contributed by atoms with van der Waals surface area (Å²) in [6.07, 6.45) is 1.63. The van der Waals surface area contributed by atoms with Crippen LogP contribution in [0.25, 0.3) is 0 Å². The third-order valence-electron chi connectivity index (χ3n) is 4.28. The van der Waals surface area contributed by atoms with E-state index in [4.69, 9.17) is 4.74 Å². The summed E-state index contributed by atoms with van der Waals surface area (Å²) >= 11 is 1.37. The Balaban J connectivity index is 1.50. The van der Waals surface area contributed by atoms with Crippen LogP contribution in [-0.4, -0.2) is 68.2 Å². The normalized spacial score (nSPS) is 14.2. The molecule has 0 aliphatic carbocycles. The van der Waals surface area contributed by atoms with Gasteiger partial charge in [0.2, 0.25) is 11.9 Å². The van der Waals surface area contributed by atoms with E-state index in [2.05, 4.69) is 25.4 Å². The molecule has 2 aromatic rings. The number of hydrogen-bond acceptors (Lipinski definition) is 8. The molecule has 9 heteroatoms. The van der Waals surface area contributed by atoms with Gasteiger partial charge in [0.05, 0.1) is 25.2 Å². The number of hydrazone groups is 1. The van der Waals surface area contributed by atoms with Gasteiger partial charge in [-0.1, -0.05) is 23.9 Å². The summed E-state index contributed by atoms with van der Waals surface area (Å²) in [5.41, 5.74) is 5.47. The Hall–Kier alpha value is -2.65. The third-order valence-corrected chi connectivity index (χ3v) is 5.19. The number of ether oxygens (including phenoxy) is 1. The average Bonchev–Trinajstić information content (AvgIpc) is 2.73. The van der Waals surface area contributed by atoms with Crippen molar-refractivity contribution in [3.63, 3.8) is 0 Å². The smallest absolute Gasteiger partial charge is 0.250 e. The Bertz CT molecular complexity index is 851. The topological polar surface area (TPSA) is 83.0 Å². The number of morpholine rings is 1. The molecule has 0 saturated carbocycles. The Labute approximate surface area is 175 Å². The Morgan fingerprint density at radius 1 is 1.28 bits per heavy atom. The molecule has 0 atom stereocenters. The summed E-state index contributed by atoms with van der Waals surface area (Å²) in [5, 5.41) is 4.81. The highest BCUT2D eigenvalue weighted by Gasteiger charge is 2.15. The zero-order valence-electron chi connectivity index (χ0n) is 17.0. The van der Waals surface area contributed by atoms with Gasteiger partial charge in [-0.05, 0) is 30.7 Å². The van der Waals surface area contributed by atoms with Crippen molar-refractivity contribution in [1.29, 1.82) is 0 Å². The number of carbonyl (C=O) groups is 1. The number of nitrogens with zero attached hydrogens (tertiary/aromatic N) is 5. The number of thioether (sulfide) groups is 1. The third kappa shape index (κ3) is 6.43.